The molecule has 306 valence electrons. The second-order valence-corrected chi connectivity index (χ2v) is 18.4. The summed E-state index contributed by atoms with van der Waals surface area (Å²) in [6.07, 6.45) is 0.252. The molecular weight excluding hydrogens is 676 g/mol. The topological polar surface area (TPSA) is 128 Å². The fraction of sp³-hybridized carbons (Fsp3) is 0.897. The largest absolute Gasteiger partial charge is 0.379 e. The zero-order valence-corrected chi connectivity index (χ0v) is 36.0. The molecule has 0 bridgehead atoms. The molecular formula is C39H74N8O6. The highest BCUT2D eigenvalue weighted by Crippen LogP contribution is 2.26. The smallest absolute Gasteiger partial charge is 0.257 e. The second kappa shape index (κ2) is 19.7. The van der Waals surface area contributed by atoms with E-state index in [1.165, 1.54) is 0 Å². The van der Waals surface area contributed by atoms with Gasteiger partial charge >= 0.3 is 0 Å². The average Bonchev–Trinajstić information content (AvgIpc) is 3.73. The summed E-state index contributed by atoms with van der Waals surface area (Å²) in [4.78, 5) is 18.1. The first-order valence-corrected chi connectivity index (χ1v) is 19.6. The van der Waals surface area contributed by atoms with Crippen LogP contribution in [0.4, 0.5) is 0 Å². The van der Waals surface area contributed by atoms with Gasteiger partial charge < -0.3 is 28.0 Å². The third kappa shape index (κ3) is 15.6. The minimum Gasteiger partial charge on any atom is -0.379 e. The van der Waals surface area contributed by atoms with Crippen molar-refractivity contribution in [3.8, 4) is 0 Å². The highest BCUT2D eigenvalue weighted by molar-refractivity contribution is 4.95. The molecule has 14 heteroatoms. The van der Waals surface area contributed by atoms with E-state index in [1.54, 1.807) is 6.92 Å². The minimum absolute atomic E-state index is 0.0644. The Labute approximate surface area is 320 Å². The molecule has 2 aromatic heterocycles. The maximum Gasteiger partial charge on any atom is 0.257 e. The SMILES string of the molecule is CC(C)(C)N1CCOCC1.C[C@H]1CN(C(C)(C)C)CCO1.Cc1nc(C2CN(C(C)(C)C)CCO2)no1.Cc1noc(C2CN(C(C)(C)C)CCO2)n1. The van der Waals surface area contributed by atoms with Gasteiger partial charge in [0.05, 0.1) is 39.1 Å². The first-order valence-electron chi connectivity index (χ1n) is 19.6. The lowest BCUT2D eigenvalue weighted by Gasteiger charge is -2.40. The number of aryl methyl sites for hydroxylation is 2. The van der Waals surface area contributed by atoms with Crippen LogP contribution in [-0.2, 0) is 18.9 Å². The number of rotatable bonds is 2. The van der Waals surface area contributed by atoms with E-state index in [2.05, 4.69) is 130 Å². The molecule has 0 aliphatic carbocycles. The Hall–Kier alpha value is -2.04. The van der Waals surface area contributed by atoms with E-state index in [9.17, 15) is 0 Å². The molecule has 3 atom stereocenters. The summed E-state index contributed by atoms with van der Waals surface area (Å²) < 4.78 is 32.2. The van der Waals surface area contributed by atoms with Crippen molar-refractivity contribution in [3.05, 3.63) is 23.4 Å². The van der Waals surface area contributed by atoms with Crippen molar-refractivity contribution < 1.29 is 28.0 Å². The third-order valence-electron chi connectivity index (χ3n) is 9.83. The summed E-state index contributed by atoms with van der Waals surface area (Å²) in [6, 6.07) is 0. The van der Waals surface area contributed by atoms with E-state index < -0.39 is 0 Å². The van der Waals surface area contributed by atoms with E-state index >= 15 is 0 Å². The van der Waals surface area contributed by atoms with Gasteiger partial charge in [-0.1, -0.05) is 10.3 Å². The Bertz CT molecular complexity index is 1250. The standard InChI is InChI=1S/2C11H19N3O2.C9H19NO.C8H17NO/c1-8-12-10(13-16-8)9-7-14(5-6-15-9)11(2,3)4;1-8-12-10(16-13-8)9-7-14(5-6-15-9)11(2,3)4;1-8-7-10(5-6-11-8)9(2,3)4;1-8(2,3)9-4-6-10-7-5-9/h2*9H,5-7H2,1-4H3;8H,5-7H2,1-4H3;4-7H2,1-3H3/t;;8-;/m..0./s1. The van der Waals surface area contributed by atoms with Crippen molar-refractivity contribution in [2.75, 3.05) is 85.4 Å². The summed E-state index contributed by atoms with van der Waals surface area (Å²) in [5, 5.41) is 7.71. The molecule has 14 nitrogen and oxygen atoms in total. The van der Waals surface area contributed by atoms with E-state index in [-0.39, 0.29) is 23.3 Å². The molecule has 4 saturated heterocycles. The lowest BCUT2D eigenvalue weighted by Crippen LogP contribution is -2.50. The van der Waals surface area contributed by atoms with Crippen LogP contribution >= 0.6 is 0 Å². The van der Waals surface area contributed by atoms with Crippen molar-refractivity contribution in [2.24, 2.45) is 0 Å². The number of hydrogen-bond acceptors (Lipinski definition) is 14. The van der Waals surface area contributed by atoms with Crippen molar-refractivity contribution in [1.29, 1.82) is 0 Å². The van der Waals surface area contributed by atoms with Gasteiger partial charge in [0.25, 0.3) is 5.89 Å². The van der Waals surface area contributed by atoms with Crippen LogP contribution in [0.1, 0.15) is 126 Å². The predicted octanol–water partition coefficient (Wildman–Crippen LogP) is 5.72. The van der Waals surface area contributed by atoms with Gasteiger partial charge in [0.1, 0.15) is 12.2 Å². The quantitative estimate of drug-likeness (QED) is 0.371. The Morgan fingerprint density at radius 3 is 1.36 bits per heavy atom. The molecule has 2 aromatic rings. The van der Waals surface area contributed by atoms with Crippen LogP contribution in [0.15, 0.2) is 9.05 Å². The number of aromatic nitrogens is 4. The molecule has 0 N–H and O–H groups in total. The van der Waals surface area contributed by atoms with Crippen LogP contribution in [0, 0.1) is 13.8 Å². The van der Waals surface area contributed by atoms with Gasteiger partial charge in [-0.25, -0.2) is 0 Å². The van der Waals surface area contributed by atoms with E-state index in [1.807, 2.05) is 6.92 Å². The Morgan fingerprint density at radius 2 is 0.962 bits per heavy atom. The first-order chi connectivity index (χ1) is 24.5. The number of ether oxygens (including phenoxy) is 4. The Balaban J connectivity index is 0.000000194. The molecule has 2 unspecified atom stereocenters. The molecule has 0 radical (unpaired) electrons. The number of morpholine rings is 4. The molecule has 6 rings (SSSR count). The molecule has 6 heterocycles. The van der Waals surface area contributed by atoms with Crippen LogP contribution in [0.25, 0.3) is 0 Å². The summed E-state index contributed by atoms with van der Waals surface area (Å²) in [6.45, 7) is 44.5. The average molecular weight is 751 g/mol. The summed E-state index contributed by atoms with van der Waals surface area (Å²) in [5.74, 6) is 2.50. The zero-order valence-electron chi connectivity index (χ0n) is 36.0. The normalized spacial score (nSPS) is 24.6. The van der Waals surface area contributed by atoms with Crippen LogP contribution in [0.5, 0.6) is 0 Å². The zero-order chi connectivity index (χ0) is 39.6. The highest BCUT2D eigenvalue weighted by atomic mass is 16.5. The van der Waals surface area contributed by atoms with E-state index in [0.717, 1.165) is 78.8 Å². The third-order valence-corrected chi connectivity index (χ3v) is 9.83. The molecule has 4 aliphatic heterocycles. The maximum absolute atomic E-state index is 5.68. The fourth-order valence-corrected chi connectivity index (χ4v) is 6.37. The van der Waals surface area contributed by atoms with Crippen molar-refractivity contribution >= 4 is 0 Å². The lowest BCUT2D eigenvalue weighted by atomic mass is 10.0. The van der Waals surface area contributed by atoms with Crippen LogP contribution in [-0.4, -0.2) is 154 Å². The predicted molar refractivity (Wildman–Crippen MR) is 207 cm³/mol. The molecule has 4 aliphatic rings. The Kier molecular flexibility index (Phi) is 16.9. The van der Waals surface area contributed by atoms with Gasteiger partial charge in [-0.2, -0.15) is 9.97 Å². The molecule has 0 spiro atoms. The van der Waals surface area contributed by atoms with Crippen molar-refractivity contribution in [3.63, 3.8) is 0 Å². The van der Waals surface area contributed by atoms with Gasteiger partial charge in [0.2, 0.25) is 11.7 Å². The van der Waals surface area contributed by atoms with Crippen LogP contribution in [0.2, 0.25) is 0 Å². The summed E-state index contributed by atoms with van der Waals surface area (Å²) in [5.41, 5.74) is 0.930. The highest BCUT2D eigenvalue weighted by Gasteiger charge is 2.33. The van der Waals surface area contributed by atoms with Crippen molar-refractivity contribution in [1.82, 2.24) is 39.9 Å². The van der Waals surface area contributed by atoms with Crippen LogP contribution in [0.3, 0.4) is 0 Å². The molecule has 4 fully saturated rings. The molecule has 53 heavy (non-hydrogen) atoms. The second-order valence-electron chi connectivity index (χ2n) is 18.4. The van der Waals surface area contributed by atoms with Gasteiger partial charge in [0, 0.05) is 81.4 Å². The van der Waals surface area contributed by atoms with Gasteiger partial charge in [0.15, 0.2) is 5.82 Å². The van der Waals surface area contributed by atoms with Crippen LogP contribution < -0.4 is 0 Å². The van der Waals surface area contributed by atoms with E-state index in [0.29, 0.717) is 47.2 Å². The summed E-state index contributed by atoms with van der Waals surface area (Å²) in [7, 11) is 0. The monoisotopic (exact) mass is 751 g/mol. The van der Waals surface area contributed by atoms with E-state index in [4.69, 9.17) is 28.0 Å². The van der Waals surface area contributed by atoms with Crippen molar-refractivity contribution in [2.45, 2.75) is 144 Å². The Morgan fingerprint density at radius 1 is 0.509 bits per heavy atom. The van der Waals surface area contributed by atoms with Gasteiger partial charge in [-0.3, -0.25) is 19.6 Å². The maximum atomic E-state index is 5.68. The van der Waals surface area contributed by atoms with Gasteiger partial charge in [-0.15, -0.1) is 0 Å². The lowest BCUT2D eigenvalue weighted by molar-refractivity contribution is -0.0714. The minimum atomic E-state index is -0.0887. The molecule has 0 amide bonds. The summed E-state index contributed by atoms with van der Waals surface area (Å²) >= 11 is 0. The molecule has 0 aromatic carbocycles. The number of nitrogens with zero attached hydrogens (tertiary/aromatic N) is 8. The molecule has 0 saturated carbocycles. The number of hydrogen-bond donors (Lipinski definition) is 0. The fourth-order valence-electron chi connectivity index (χ4n) is 6.37. The van der Waals surface area contributed by atoms with Gasteiger partial charge in [-0.05, 0) is 96.9 Å². The first kappa shape index (κ1) is 45.4.